The topological polar surface area (TPSA) is 74.4 Å². The average Bonchev–Trinajstić information content (AvgIpc) is 2.95. The number of carbonyl (C=O) groups excluding carboxylic acids is 1. The SMILES string of the molecule is CN(CC(CCN1CC(N2CCSCC2)C1)c1ccc(C#N)cc1)C(=O)c1cc(C#N)cc2ccccc12. The van der Waals surface area contributed by atoms with Gasteiger partial charge in [-0.05, 0) is 53.6 Å². The van der Waals surface area contributed by atoms with Gasteiger partial charge in [0.1, 0.15) is 0 Å². The van der Waals surface area contributed by atoms with Crippen LogP contribution in [0.4, 0.5) is 0 Å². The number of fused-ring (bicyclic) bond motifs is 1. The van der Waals surface area contributed by atoms with Gasteiger partial charge in [0.05, 0.1) is 23.3 Å². The van der Waals surface area contributed by atoms with Crippen molar-refractivity contribution in [2.45, 2.75) is 18.4 Å². The summed E-state index contributed by atoms with van der Waals surface area (Å²) in [6.45, 7) is 6.19. The number of nitriles is 2. The molecule has 0 radical (unpaired) electrons. The molecule has 6 nitrogen and oxygen atoms in total. The summed E-state index contributed by atoms with van der Waals surface area (Å²) in [5, 5.41) is 20.5. The summed E-state index contributed by atoms with van der Waals surface area (Å²) in [5.41, 5.74) is 2.83. The van der Waals surface area contributed by atoms with E-state index in [0.29, 0.717) is 29.3 Å². The van der Waals surface area contributed by atoms with Gasteiger partial charge in [0.2, 0.25) is 0 Å². The molecular weight excluding hydrogens is 490 g/mol. The molecule has 38 heavy (non-hydrogen) atoms. The van der Waals surface area contributed by atoms with Crippen molar-refractivity contribution in [2.75, 3.05) is 57.8 Å². The van der Waals surface area contributed by atoms with Gasteiger partial charge in [-0.2, -0.15) is 22.3 Å². The number of hydrogen-bond acceptors (Lipinski definition) is 6. The predicted octanol–water partition coefficient (Wildman–Crippen LogP) is 4.56. The molecule has 0 saturated carbocycles. The van der Waals surface area contributed by atoms with Crippen molar-refractivity contribution < 1.29 is 4.79 Å². The quantitative estimate of drug-likeness (QED) is 0.431. The van der Waals surface area contributed by atoms with E-state index in [-0.39, 0.29) is 11.8 Å². The second-order valence-corrected chi connectivity index (χ2v) is 11.5. The molecule has 0 aliphatic carbocycles. The Hall–Kier alpha value is -3.36. The zero-order chi connectivity index (χ0) is 26.5. The van der Waals surface area contributed by atoms with E-state index in [4.69, 9.17) is 0 Å². The molecule has 1 unspecified atom stereocenters. The zero-order valence-electron chi connectivity index (χ0n) is 21.8. The van der Waals surface area contributed by atoms with Crippen LogP contribution in [0.3, 0.4) is 0 Å². The third-order valence-electron chi connectivity index (χ3n) is 7.87. The lowest BCUT2D eigenvalue weighted by Crippen LogP contribution is -2.61. The summed E-state index contributed by atoms with van der Waals surface area (Å²) in [5.74, 6) is 2.55. The van der Waals surface area contributed by atoms with Crippen molar-refractivity contribution in [1.29, 1.82) is 10.5 Å². The fourth-order valence-corrected chi connectivity index (χ4v) is 6.53. The normalized spacial score (nSPS) is 17.3. The van der Waals surface area contributed by atoms with Crippen LogP contribution in [-0.4, -0.2) is 84.5 Å². The molecule has 0 spiro atoms. The van der Waals surface area contributed by atoms with Crippen LogP contribution < -0.4 is 0 Å². The Morgan fingerprint density at radius 3 is 2.45 bits per heavy atom. The van der Waals surface area contributed by atoms with Crippen LogP contribution in [0.5, 0.6) is 0 Å². The summed E-state index contributed by atoms with van der Waals surface area (Å²) in [4.78, 5) is 20.6. The molecule has 2 fully saturated rings. The van der Waals surface area contributed by atoms with Crippen molar-refractivity contribution in [2.24, 2.45) is 0 Å². The van der Waals surface area contributed by atoms with Crippen LogP contribution >= 0.6 is 11.8 Å². The van der Waals surface area contributed by atoms with Crippen LogP contribution in [0.1, 0.15) is 39.4 Å². The molecule has 0 aromatic heterocycles. The highest BCUT2D eigenvalue weighted by Gasteiger charge is 2.32. The maximum atomic E-state index is 13.7. The minimum absolute atomic E-state index is 0.0797. The predicted molar refractivity (Wildman–Crippen MR) is 153 cm³/mol. The van der Waals surface area contributed by atoms with Gasteiger partial charge in [-0.15, -0.1) is 0 Å². The molecule has 194 valence electrons. The fraction of sp³-hybridized carbons (Fsp3) is 0.387. The lowest BCUT2D eigenvalue weighted by molar-refractivity contribution is 0.0371. The standard InChI is InChI=1S/C31H33N5OS/c1-34(31(37)30-17-24(19-33)16-26-4-2-3-5-29(26)30)20-27(25-8-6-23(18-32)7-9-25)10-11-35-21-28(22-35)36-12-14-38-15-13-36/h2-9,16-17,27-28H,10-15,20-22H2,1H3. The van der Waals surface area contributed by atoms with E-state index in [1.54, 1.807) is 11.0 Å². The molecular formula is C31H33N5OS. The van der Waals surface area contributed by atoms with Crippen LogP contribution in [0.25, 0.3) is 10.8 Å². The van der Waals surface area contributed by atoms with Gasteiger partial charge in [-0.1, -0.05) is 36.4 Å². The largest absolute Gasteiger partial charge is 0.341 e. The molecule has 2 aliphatic rings. The number of nitrogens with zero attached hydrogens (tertiary/aromatic N) is 5. The minimum atomic E-state index is -0.0797. The second-order valence-electron chi connectivity index (χ2n) is 10.3. The van der Waals surface area contributed by atoms with Gasteiger partial charge in [-0.3, -0.25) is 9.69 Å². The first kappa shape index (κ1) is 26.3. The first-order chi connectivity index (χ1) is 18.6. The van der Waals surface area contributed by atoms with Crippen molar-refractivity contribution in [3.8, 4) is 12.1 Å². The maximum Gasteiger partial charge on any atom is 0.254 e. The van der Waals surface area contributed by atoms with Crippen LogP contribution in [-0.2, 0) is 0 Å². The summed E-state index contributed by atoms with van der Waals surface area (Å²) in [6, 6.07) is 24.1. The Morgan fingerprint density at radius 1 is 1.03 bits per heavy atom. The number of amides is 1. The summed E-state index contributed by atoms with van der Waals surface area (Å²) < 4.78 is 0. The number of likely N-dealkylation sites (tertiary alicyclic amines) is 1. The molecule has 3 aromatic rings. The molecule has 0 N–H and O–H groups in total. The fourth-order valence-electron chi connectivity index (χ4n) is 5.60. The Morgan fingerprint density at radius 2 is 1.74 bits per heavy atom. The second kappa shape index (κ2) is 12.0. The van der Waals surface area contributed by atoms with Crippen molar-refractivity contribution in [3.63, 3.8) is 0 Å². The van der Waals surface area contributed by atoms with Gasteiger partial charge in [-0.25, -0.2) is 0 Å². The molecule has 2 aliphatic heterocycles. The lowest BCUT2D eigenvalue weighted by Gasteiger charge is -2.47. The Balaban J connectivity index is 1.29. The molecule has 0 bridgehead atoms. The molecule has 1 amide bonds. The highest BCUT2D eigenvalue weighted by molar-refractivity contribution is 7.99. The molecule has 3 aromatic carbocycles. The summed E-state index contributed by atoms with van der Waals surface area (Å²) in [6.07, 6.45) is 0.936. The number of carbonyl (C=O) groups is 1. The number of rotatable bonds is 8. The van der Waals surface area contributed by atoms with E-state index in [0.717, 1.165) is 42.4 Å². The van der Waals surface area contributed by atoms with Gasteiger partial charge >= 0.3 is 0 Å². The van der Waals surface area contributed by atoms with Gasteiger partial charge in [0.15, 0.2) is 0 Å². The first-order valence-corrected chi connectivity index (χ1v) is 14.4. The average molecular weight is 524 g/mol. The number of thioether (sulfide) groups is 1. The molecule has 7 heteroatoms. The highest BCUT2D eigenvalue weighted by atomic mass is 32.2. The van der Waals surface area contributed by atoms with E-state index in [1.807, 2.05) is 61.6 Å². The highest BCUT2D eigenvalue weighted by Crippen LogP contribution is 2.27. The van der Waals surface area contributed by atoms with Crippen LogP contribution in [0.15, 0.2) is 60.7 Å². The smallest absolute Gasteiger partial charge is 0.254 e. The van der Waals surface area contributed by atoms with Gasteiger partial charge < -0.3 is 9.80 Å². The molecule has 2 saturated heterocycles. The number of hydrogen-bond donors (Lipinski definition) is 0. The van der Waals surface area contributed by atoms with Crippen molar-refractivity contribution in [3.05, 3.63) is 82.9 Å². The van der Waals surface area contributed by atoms with E-state index < -0.39 is 0 Å². The number of likely N-dealkylation sites (N-methyl/N-ethyl adjacent to an activating group) is 1. The molecule has 5 rings (SSSR count). The van der Waals surface area contributed by atoms with Gasteiger partial charge in [0, 0.05) is 68.8 Å². The molecule has 2 heterocycles. The monoisotopic (exact) mass is 523 g/mol. The first-order valence-electron chi connectivity index (χ1n) is 13.3. The zero-order valence-corrected chi connectivity index (χ0v) is 22.7. The van der Waals surface area contributed by atoms with E-state index in [9.17, 15) is 15.3 Å². The minimum Gasteiger partial charge on any atom is -0.341 e. The maximum absolute atomic E-state index is 13.7. The summed E-state index contributed by atoms with van der Waals surface area (Å²) in [7, 11) is 1.85. The number of benzene rings is 3. The van der Waals surface area contributed by atoms with E-state index >= 15 is 0 Å². The van der Waals surface area contributed by atoms with Crippen LogP contribution in [0, 0.1) is 22.7 Å². The Labute approximate surface area is 229 Å². The van der Waals surface area contributed by atoms with Crippen molar-refractivity contribution in [1.82, 2.24) is 14.7 Å². The van der Waals surface area contributed by atoms with Crippen molar-refractivity contribution >= 4 is 28.4 Å². The van der Waals surface area contributed by atoms with E-state index in [2.05, 4.69) is 33.7 Å². The third-order valence-corrected chi connectivity index (χ3v) is 8.81. The van der Waals surface area contributed by atoms with E-state index in [1.165, 1.54) is 24.6 Å². The summed E-state index contributed by atoms with van der Waals surface area (Å²) >= 11 is 2.05. The Kier molecular flexibility index (Phi) is 8.29. The Bertz CT molecular complexity index is 1360. The van der Waals surface area contributed by atoms with Crippen LogP contribution in [0.2, 0.25) is 0 Å². The van der Waals surface area contributed by atoms with Gasteiger partial charge in [0.25, 0.3) is 5.91 Å². The lowest BCUT2D eigenvalue weighted by atomic mass is 9.92. The third kappa shape index (κ3) is 5.87. The molecule has 1 atom stereocenters.